The zero-order valence-electron chi connectivity index (χ0n) is 17.4. The van der Waals surface area contributed by atoms with Gasteiger partial charge in [0.1, 0.15) is 11.5 Å². The van der Waals surface area contributed by atoms with Crippen molar-refractivity contribution < 1.29 is 14.0 Å². The van der Waals surface area contributed by atoms with Crippen LogP contribution in [0.3, 0.4) is 0 Å². The van der Waals surface area contributed by atoms with Gasteiger partial charge >= 0.3 is 0 Å². The molecule has 0 aliphatic carbocycles. The van der Waals surface area contributed by atoms with E-state index >= 15 is 0 Å². The Morgan fingerprint density at radius 3 is 2.74 bits per heavy atom. The van der Waals surface area contributed by atoms with Crippen molar-refractivity contribution in [1.82, 2.24) is 29.0 Å². The van der Waals surface area contributed by atoms with E-state index in [1.54, 1.807) is 49.1 Å². The Kier molecular flexibility index (Phi) is 5.33. The van der Waals surface area contributed by atoms with Crippen molar-refractivity contribution >= 4 is 17.5 Å². The highest BCUT2D eigenvalue weighted by Crippen LogP contribution is 2.20. The standard InChI is InChI=1S/C22H21FN6O2/c1-4-27(2)21(31)17-12-24-28(3)20(17)19(30)11-16-8-9-29-13-18(26-22(29)25-16)14-6-5-7-15(23)10-14/h5-10,12-13H,4,11H2,1-3H3. The van der Waals surface area contributed by atoms with Gasteiger partial charge in [-0.15, -0.1) is 0 Å². The van der Waals surface area contributed by atoms with Crippen LogP contribution in [-0.4, -0.2) is 54.3 Å². The van der Waals surface area contributed by atoms with Gasteiger partial charge in [-0.1, -0.05) is 12.1 Å². The van der Waals surface area contributed by atoms with Gasteiger partial charge in [0.2, 0.25) is 5.78 Å². The van der Waals surface area contributed by atoms with Crippen molar-refractivity contribution in [2.45, 2.75) is 13.3 Å². The molecule has 0 spiro atoms. The zero-order valence-corrected chi connectivity index (χ0v) is 17.4. The van der Waals surface area contributed by atoms with E-state index in [0.717, 1.165) is 0 Å². The highest BCUT2D eigenvalue weighted by molar-refractivity contribution is 6.07. The first-order valence-corrected chi connectivity index (χ1v) is 9.78. The lowest BCUT2D eigenvalue weighted by molar-refractivity contribution is 0.0795. The van der Waals surface area contributed by atoms with Gasteiger partial charge in [0, 0.05) is 38.6 Å². The van der Waals surface area contributed by atoms with Crippen LogP contribution in [-0.2, 0) is 13.5 Å². The fraction of sp³-hybridized carbons (Fsp3) is 0.227. The first kappa shape index (κ1) is 20.4. The lowest BCUT2D eigenvalue weighted by atomic mass is 10.1. The van der Waals surface area contributed by atoms with Crippen LogP contribution in [0.15, 0.2) is 48.9 Å². The number of ketones is 1. The lowest BCUT2D eigenvalue weighted by Gasteiger charge is -2.14. The number of aromatic nitrogens is 5. The molecular weight excluding hydrogens is 399 g/mol. The molecule has 0 radical (unpaired) electrons. The Labute approximate surface area is 178 Å². The smallest absolute Gasteiger partial charge is 0.257 e. The molecule has 3 aromatic heterocycles. The summed E-state index contributed by atoms with van der Waals surface area (Å²) in [6, 6.07) is 7.88. The number of aryl methyl sites for hydroxylation is 1. The molecular formula is C22H21FN6O2. The summed E-state index contributed by atoms with van der Waals surface area (Å²) < 4.78 is 16.6. The zero-order chi connectivity index (χ0) is 22.1. The van der Waals surface area contributed by atoms with Crippen molar-refractivity contribution in [3.05, 3.63) is 71.7 Å². The van der Waals surface area contributed by atoms with Gasteiger partial charge in [-0.3, -0.25) is 18.7 Å². The molecule has 0 bridgehead atoms. The third-order valence-corrected chi connectivity index (χ3v) is 5.10. The van der Waals surface area contributed by atoms with Crippen molar-refractivity contribution in [3.63, 3.8) is 0 Å². The highest BCUT2D eigenvalue weighted by Gasteiger charge is 2.24. The van der Waals surface area contributed by atoms with Gasteiger partial charge in [0.25, 0.3) is 5.91 Å². The number of imidazole rings is 1. The number of hydrogen-bond acceptors (Lipinski definition) is 5. The Bertz CT molecular complexity index is 1290. The molecule has 31 heavy (non-hydrogen) atoms. The Balaban J connectivity index is 1.62. The second-order valence-corrected chi connectivity index (χ2v) is 7.21. The molecule has 0 aliphatic heterocycles. The number of amides is 1. The van der Waals surface area contributed by atoms with Gasteiger partial charge in [-0.05, 0) is 25.1 Å². The molecule has 0 aliphatic rings. The monoisotopic (exact) mass is 420 g/mol. The fourth-order valence-corrected chi connectivity index (χ4v) is 3.32. The Hall–Kier alpha value is -3.88. The van der Waals surface area contributed by atoms with Crippen LogP contribution in [0.4, 0.5) is 4.39 Å². The Morgan fingerprint density at radius 2 is 2.00 bits per heavy atom. The fourth-order valence-electron chi connectivity index (χ4n) is 3.32. The van der Waals surface area contributed by atoms with E-state index < -0.39 is 0 Å². The van der Waals surface area contributed by atoms with E-state index in [1.165, 1.54) is 27.9 Å². The third kappa shape index (κ3) is 3.94. The number of nitrogens with zero attached hydrogens (tertiary/aromatic N) is 6. The average Bonchev–Trinajstić information content (AvgIpc) is 3.35. The summed E-state index contributed by atoms with van der Waals surface area (Å²) in [6.45, 7) is 2.38. The summed E-state index contributed by atoms with van der Waals surface area (Å²) in [5.41, 5.74) is 2.25. The number of Topliss-reactive ketones (excluding diaryl/α,β-unsaturated/α-hetero) is 1. The molecule has 0 saturated carbocycles. The molecule has 1 amide bonds. The van der Waals surface area contributed by atoms with Crippen molar-refractivity contribution in [2.24, 2.45) is 7.05 Å². The number of rotatable bonds is 6. The molecule has 4 aromatic rings. The number of benzene rings is 1. The summed E-state index contributed by atoms with van der Waals surface area (Å²) >= 11 is 0. The summed E-state index contributed by atoms with van der Waals surface area (Å²) in [4.78, 5) is 36.0. The average molecular weight is 420 g/mol. The quantitative estimate of drug-likeness (QED) is 0.448. The van der Waals surface area contributed by atoms with Crippen LogP contribution in [0, 0.1) is 5.82 Å². The third-order valence-electron chi connectivity index (χ3n) is 5.10. The summed E-state index contributed by atoms with van der Waals surface area (Å²) in [5, 5.41) is 4.09. The van der Waals surface area contributed by atoms with Gasteiger partial charge < -0.3 is 4.90 Å². The molecule has 9 heteroatoms. The topological polar surface area (TPSA) is 85.4 Å². The van der Waals surface area contributed by atoms with Gasteiger partial charge in [0.05, 0.1) is 29.6 Å². The minimum Gasteiger partial charge on any atom is -0.342 e. The van der Waals surface area contributed by atoms with Crippen LogP contribution < -0.4 is 0 Å². The molecule has 0 unspecified atom stereocenters. The number of hydrogen-bond donors (Lipinski definition) is 0. The van der Waals surface area contributed by atoms with Crippen LogP contribution in [0.1, 0.15) is 33.5 Å². The first-order chi connectivity index (χ1) is 14.9. The van der Waals surface area contributed by atoms with Crippen molar-refractivity contribution in [1.29, 1.82) is 0 Å². The molecule has 0 N–H and O–H groups in total. The van der Waals surface area contributed by atoms with E-state index in [2.05, 4.69) is 15.1 Å². The van der Waals surface area contributed by atoms with Crippen molar-refractivity contribution in [3.8, 4) is 11.3 Å². The maximum atomic E-state index is 13.5. The van der Waals surface area contributed by atoms with Gasteiger partial charge in [0.15, 0.2) is 5.78 Å². The van der Waals surface area contributed by atoms with Crippen molar-refractivity contribution in [2.75, 3.05) is 13.6 Å². The van der Waals surface area contributed by atoms with Crippen LogP contribution in [0.5, 0.6) is 0 Å². The highest BCUT2D eigenvalue weighted by atomic mass is 19.1. The number of carbonyl (C=O) groups excluding carboxylic acids is 2. The molecule has 1 aromatic carbocycles. The van der Waals surface area contributed by atoms with Crippen LogP contribution in [0.25, 0.3) is 17.0 Å². The normalized spacial score (nSPS) is 11.1. The summed E-state index contributed by atoms with van der Waals surface area (Å²) in [6.07, 6.45) is 4.91. The predicted molar refractivity (Wildman–Crippen MR) is 112 cm³/mol. The van der Waals surface area contributed by atoms with E-state index in [9.17, 15) is 14.0 Å². The Morgan fingerprint density at radius 1 is 1.19 bits per heavy atom. The molecule has 4 rings (SSSR count). The largest absolute Gasteiger partial charge is 0.342 e. The lowest BCUT2D eigenvalue weighted by Crippen LogP contribution is -2.28. The molecule has 158 valence electrons. The maximum Gasteiger partial charge on any atom is 0.257 e. The molecule has 0 fully saturated rings. The minimum atomic E-state index is -0.343. The SMILES string of the molecule is CCN(C)C(=O)c1cnn(C)c1C(=O)Cc1ccn2cc(-c3cccc(F)c3)nc2n1. The van der Waals surface area contributed by atoms with Crippen LogP contribution in [0.2, 0.25) is 0 Å². The second-order valence-electron chi connectivity index (χ2n) is 7.21. The molecule has 3 heterocycles. The molecule has 8 nitrogen and oxygen atoms in total. The first-order valence-electron chi connectivity index (χ1n) is 9.78. The summed E-state index contributed by atoms with van der Waals surface area (Å²) in [7, 11) is 3.31. The molecule has 0 atom stereocenters. The number of carbonyl (C=O) groups is 2. The van der Waals surface area contributed by atoms with E-state index in [1.807, 2.05) is 6.92 Å². The van der Waals surface area contributed by atoms with Gasteiger partial charge in [-0.25, -0.2) is 14.4 Å². The second kappa shape index (κ2) is 8.10. The summed E-state index contributed by atoms with van der Waals surface area (Å²) in [5.74, 6) is -0.461. The predicted octanol–water partition coefficient (Wildman–Crippen LogP) is 2.79. The van der Waals surface area contributed by atoms with E-state index in [-0.39, 0.29) is 35.2 Å². The van der Waals surface area contributed by atoms with Crippen LogP contribution >= 0.6 is 0 Å². The molecule has 0 saturated heterocycles. The van der Waals surface area contributed by atoms with Gasteiger partial charge in [-0.2, -0.15) is 5.10 Å². The van der Waals surface area contributed by atoms with E-state index in [0.29, 0.717) is 29.3 Å². The number of fused-ring (bicyclic) bond motifs is 1. The maximum absolute atomic E-state index is 13.5. The number of halogens is 1. The van der Waals surface area contributed by atoms with E-state index in [4.69, 9.17) is 0 Å². The minimum absolute atomic E-state index is 0.00564.